The highest BCUT2D eigenvalue weighted by Gasteiger charge is 2.30. The lowest BCUT2D eigenvalue weighted by Crippen LogP contribution is -2.44. The van der Waals surface area contributed by atoms with Gasteiger partial charge in [0.05, 0.1) is 13.1 Å². The Morgan fingerprint density at radius 2 is 1.20 bits per heavy atom. The van der Waals surface area contributed by atoms with Gasteiger partial charge in [-0.2, -0.15) is 0 Å². The van der Waals surface area contributed by atoms with Crippen LogP contribution in [0.1, 0.15) is 46.0 Å². The van der Waals surface area contributed by atoms with Crippen LogP contribution in [0.3, 0.4) is 0 Å². The Balaban J connectivity index is 1.34. The molecule has 0 aromatic rings. The molecular weight excluding hydrogens is 316 g/mol. The van der Waals surface area contributed by atoms with Crippen LogP contribution < -0.4 is 10.6 Å². The summed E-state index contributed by atoms with van der Waals surface area (Å²) in [6, 6.07) is 0.626. The molecule has 1 heterocycles. The van der Waals surface area contributed by atoms with Gasteiger partial charge in [0.1, 0.15) is 0 Å². The van der Waals surface area contributed by atoms with Crippen molar-refractivity contribution >= 4 is 11.8 Å². The maximum atomic E-state index is 12.2. The Hall–Kier alpha value is -1.14. The van der Waals surface area contributed by atoms with E-state index in [2.05, 4.69) is 34.3 Å². The third kappa shape index (κ3) is 6.26. The van der Waals surface area contributed by atoms with E-state index in [1.807, 2.05) is 0 Å². The van der Waals surface area contributed by atoms with Crippen molar-refractivity contribution in [3.05, 3.63) is 0 Å². The average Bonchev–Trinajstić information content (AvgIpc) is 3.40. The number of amides is 2. The molecule has 1 aliphatic heterocycles. The van der Waals surface area contributed by atoms with Gasteiger partial charge in [0.2, 0.25) is 11.8 Å². The molecule has 3 aliphatic rings. The van der Waals surface area contributed by atoms with Gasteiger partial charge in [0.25, 0.3) is 0 Å². The molecule has 2 aliphatic carbocycles. The van der Waals surface area contributed by atoms with Gasteiger partial charge in [-0.05, 0) is 70.9 Å². The summed E-state index contributed by atoms with van der Waals surface area (Å²) in [5.74, 6) is 1.67. The predicted octanol–water partition coefficient (Wildman–Crippen LogP) is 0.824. The molecule has 0 aromatic heterocycles. The Bertz CT molecular complexity index is 434. The van der Waals surface area contributed by atoms with Gasteiger partial charge in [-0.15, -0.1) is 0 Å². The van der Waals surface area contributed by atoms with Crippen molar-refractivity contribution in [3.8, 4) is 0 Å². The van der Waals surface area contributed by atoms with E-state index in [0.29, 0.717) is 37.0 Å². The smallest absolute Gasteiger partial charge is 0.234 e. The van der Waals surface area contributed by atoms with Crippen LogP contribution in [-0.4, -0.2) is 73.0 Å². The van der Waals surface area contributed by atoms with E-state index in [9.17, 15) is 9.59 Å². The van der Waals surface area contributed by atoms with Gasteiger partial charge in [-0.3, -0.25) is 19.4 Å². The summed E-state index contributed by atoms with van der Waals surface area (Å²) in [6.07, 6.45) is 6.02. The van der Waals surface area contributed by atoms with Gasteiger partial charge >= 0.3 is 0 Å². The van der Waals surface area contributed by atoms with Crippen LogP contribution in [0, 0.1) is 11.8 Å². The summed E-state index contributed by atoms with van der Waals surface area (Å²) in [6.45, 7) is 8.77. The van der Waals surface area contributed by atoms with E-state index in [4.69, 9.17) is 0 Å². The lowest BCUT2D eigenvalue weighted by Gasteiger charge is -2.22. The van der Waals surface area contributed by atoms with E-state index in [1.165, 1.54) is 25.7 Å². The average molecular weight is 351 g/mol. The normalized spacial score (nSPS) is 25.0. The first-order valence-corrected chi connectivity index (χ1v) is 10.0. The lowest BCUT2D eigenvalue weighted by atomic mass is 10.2. The Morgan fingerprint density at radius 3 is 1.56 bits per heavy atom. The Labute approximate surface area is 151 Å². The van der Waals surface area contributed by atoms with Crippen LogP contribution in [0.4, 0.5) is 0 Å². The highest BCUT2D eigenvalue weighted by Crippen LogP contribution is 2.32. The lowest BCUT2D eigenvalue weighted by molar-refractivity contribution is -0.124. The number of carbonyl (C=O) groups excluding carboxylic acids is 2. The molecule has 2 amide bonds. The maximum absolute atomic E-state index is 12.2. The molecule has 0 spiro atoms. The van der Waals surface area contributed by atoms with Crippen LogP contribution in [0.25, 0.3) is 0 Å². The second-order valence-electron chi connectivity index (χ2n) is 8.29. The van der Waals surface area contributed by atoms with E-state index in [1.54, 1.807) is 0 Å². The molecule has 3 fully saturated rings. The van der Waals surface area contributed by atoms with Crippen molar-refractivity contribution in [1.29, 1.82) is 0 Å². The molecule has 1 saturated heterocycles. The second kappa shape index (κ2) is 8.49. The molecule has 2 atom stereocenters. The van der Waals surface area contributed by atoms with Crippen LogP contribution in [0.15, 0.2) is 0 Å². The summed E-state index contributed by atoms with van der Waals surface area (Å²) in [5.41, 5.74) is 0. The van der Waals surface area contributed by atoms with Crippen molar-refractivity contribution in [1.82, 2.24) is 20.4 Å². The van der Waals surface area contributed by atoms with Crippen LogP contribution >= 0.6 is 0 Å². The van der Waals surface area contributed by atoms with Crippen LogP contribution in [0.2, 0.25) is 0 Å². The summed E-state index contributed by atoms with van der Waals surface area (Å²) in [4.78, 5) is 28.8. The first-order valence-electron chi connectivity index (χ1n) is 10.0. The molecule has 2 saturated carbocycles. The predicted molar refractivity (Wildman–Crippen MR) is 98.2 cm³/mol. The fraction of sp³-hybridized carbons (Fsp3) is 0.895. The minimum absolute atomic E-state index is 0.142. The number of hydrogen-bond donors (Lipinski definition) is 2. The second-order valence-corrected chi connectivity index (χ2v) is 8.29. The molecule has 6 nitrogen and oxygen atoms in total. The number of carbonyl (C=O) groups is 2. The van der Waals surface area contributed by atoms with Gasteiger partial charge < -0.3 is 10.6 Å². The largest absolute Gasteiger partial charge is 0.352 e. The molecule has 6 heteroatoms. The number of nitrogens with one attached hydrogen (secondary N) is 2. The molecule has 0 aromatic carbocycles. The maximum Gasteiger partial charge on any atom is 0.234 e. The quantitative estimate of drug-likeness (QED) is 0.680. The van der Waals surface area contributed by atoms with Crippen molar-refractivity contribution < 1.29 is 9.59 Å². The van der Waals surface area contributed by atoms with Gasteiger partial charge in [0.15, 0.2) is 0 Å². The minimum atomic E-state index is 0.142. The fourth-order valence-electron chi connectivity index (χ4n) is 3.77. The zero-order valence-corrected chi connectivity index (χ0v) is 15.8. The van der Waals surface area contributed by atoms with E-state index in [-0.39, 0.29) is 11.8 Å². The van der Waals surface area contributed by atoms with Crippen molar-refractivity contribution in [2.75, 3.05) is 39.3 Å². The molecule has 25 heavy (non-hydrogen) atoms. The minimum Gasteiger partial charge on any atom is -0.352 e. The SMILES string of the molecule is CC(NC(=O)CN1CCCN(CC(=O)NC(C)C2CC2)CC1)C1CC1. The topological polar surface area (TPSA) is 64.7 Å². The first kappa shape index (κ1) is 18.6. The highest BCUT2D eigenvalue weighted by molar-refractivity contribution is 5.79. The van der Waals surface area contributed by atoms with E-state index >= 15 is 0 Å². The standard InChI is InChI=1S/C19H34N4O2/c1-14(16-4-5-16)20-18(24)12-22-8-3-9-23(11-10-22)13-19(25)21-15(2)17-6-7-17/h14-17H,3-13H2,1-2H3,(H,20,24)(H,21,25). The van der Waals surface area contributed by atoms with Crippen LogP contribution in [0.5, 0.6) is 0 Å². The zero-order valence-electron chi connectivity index (χ0n) is 15.8. The third-order valence-electron chi connectivity index (χ3n) is 5.85. The Morgan fingerprint density at radius 1 is 0.800 bits per heavy atom. The van der Waals surface area contributed by atoms with Gasteiger partial charge in [0, 0.05) is 25.2 Å². The number of hydrogen-bond acceptors (Lipinski definition) is 4. The molecule has 2 N–H and O–H groups in total. The van der Waals surface area contributed by atoms with Gasteiger partial charge in [-0.25, -0.2) is 0 Å². The fourth-order valence-corrected chi connectivity index (χ4v) is 3.77. The molecule has 3 rings (SSSR count). The van der Waals surface area contributed by atoms with E-state index in [0.717, 1.165) is 32.6 Å². The first-order chi connectivity index (χ1) is 12.0. The molecule has 142 valence electrons. The Kier molecular flexibility index (Phi) is 6.34. The van der Waals surface area contributed by atoms with E-state index < -0.39 is 0 Å². The highest BCUT2D eigenvalue weighted by atomic mass is 16.2. The van der Waals surface area contributed by atoms with Crippen molar-refractivity contribution in [2.45, 2.75) is 58.0 Å². The number of rotatable bonds is 8. The third-order valence-corrected chi connectivity index (χ3v) is 5.85. The molecule has 2 unspecified atom stereocenters. The molecule has 0 bridgehead atoms. The van der Waals surface area contributed by atoms with Gasteiger partial charge in [-0.1, -0.05) is 0 Å². The summed E-state index contributed by atoms with van der Waals surface area (Å²) in [5, 5.41) is 6.27. The van der Waals surface area contributed by atoms with Crippen LogP contribution in [-0.2, 0) is 9.59 Å². The zero-order chi connectivity index (χ0) is 17.8. The molecular formula is C19H34N4O2. The monoisotopic (exact) mass is 350 g/mol. The summed E-state index contributed by atoms with van der Waals surface area (Å²) >= 11 is 0. The van der Waals surface area contributed by atoms with Crippen molar-refractivity contribution in [3.63, 3.8) is 0 Å². The summed E-state index contributed by atoms with van der Waals surface area (Å²) < 4.78 is 0. The molecule has 0 radical (unpaired) electrons. The van der Waals surface area contributed by atoms with Crippen molar-refractivity contribution in [2.24, 2.45) is 11.8 Å². The number of nitrogens with zero attached hydrogens (tertiary/aromatic N) is 2. The summed E-state index contributed by atoms with van der Waals surface area (Å²) in [7, 11) is 0.